The lowest BCUT2D eigenvalue weighted by atomic mass is 9.86. The summed E-state index contributed by atoms with van der Waals surface area (Å²) in [5.41, 5.74) is -0.0924. The molecule has 0 aliphatic carbocycles. The van der Waals surface area contributed by atoms with Gasteiger partial charge in [-0.3, -0.25) is 0 Å². The SMILES string of the molecule is CC(C)(C)C(CNC1CCOC1)NC(=O)O. The van der Waals surface area contributed by atoms with Gasteiger partial charge in [0.15, 0.2) is 0 Å². The van der Waals surface area contributed by atoms with Crippen molar-refractivity contribution in [2.75, 3.05) is 19.8 Å². The number of hydrogen-bond donors (Lipinski definition) is 3. The van der Waals surface area contributed by atoms with Crippen LogP contribution in [0.1, 0.15) is 27.2 Å². The molecule has 1 fully saturated rings. The van der Waals surface area contributed by atoms with Crippen molar-refractivity contribution in [3.63, 3.8) is 0 Å². The van der Waals surface area contributed by atoms with Crippen molar-refractivity contribution in [1.29, 1.82) is 0 Å². The van der Waals surface area contributed by atoms with Crippen LogP contribution in [0.4, 0.5) is 4.79 Å². The van der Waals surface area contributed by atoms with Gasteiger partial charge in [0.25, 0.3) is 0 Å². The summed E-state index contributed by atoms with van der Waals surface area (Å²) in [7, 11) is 0. The highest BCUT2D eigenvalue weighted by Gasteiger charge is 2.27. The quantitative estimate of drug-likeness (QED) is 0.675. The van der Waals surface area contributed by atoms with Gasteiger partial charge in [-0.15, -0.1) is 0 Å². The first-order valence-electron chi connectivity index (χ1n) is 5.70. The predicted molar refractivity (Wildman–Crippen MR) is 61.6 cm³/mol. The molecule has 1 heterocycles. The fourth-order valence-corrected chi connectivity index (χ4v) is 1.70. The maximum absolute atomic E-state index is 10.7. The Morgan fingerprint density at radius 1 is 1.56 bits per heavy atom. The second kappa shape index (κ2) is 5.50. The average Bonchev–Trinajstić information content (AvgIpc) is 2.62. The van der Waals surface area contributed by atoms with E-state index in [2.05, 4.69) is 10.6 Å². The summed E-state index contributed by atoms with van der Waals surface area (Å²) in [6, 6.07) is 0.269. The van der Waals surface area contributed by atoms with Gasteiger partial charge in [-0.05, 0) is 11.8 Å². The number of nitrogens with one attached hydrogen (secondary N) is 2. The topological polar surface area (TPSA) is 70.6 Å². The third-order valence-electron chi connectivity index (χ3n) is 2.88. The molecule has 2 unspecified atom stereocenters. The molecule has 16 heavy (non-hydrogen) atoms. The van der Waals surface area contributed by atoms with Crippen molar-refractivity contribution in [2.24, 2.45) is 5.41 Å². The minimum Gasteiger partial charge on any atom is -0.465 e. The van der Waals surface area contributed by atoms with Crippen molar-refractivity contribution >= 4 is 6.09 Å². The lowest BCUT2D eigenvalue weighted by Gasteiger charge is -2.31. The highest BCUT2D eigenvalue weighted by atomic mass is 16.5. The van der Waals surface area contributed by atoms with E-state index in [-0.39, 0.29) is 11.5 Å². The average molecular weight is 230 g/mol. The number of carboxylic acid groups (broad SMARTS) is 1. The number of hydrogen-bond acceptors (Lipinski definition) is 3. The Kier molecular flexibility index (Phi) is 4.56. The molecule has 1 saturated heterocycles. The van der Waals surface area contributed by atoms with Gasteiger partial charge in [0.2, 0.25) is 0 Å². The molecule has 3 N–H and O–H groups in total. The van der Waals surface area contributed by atoms with E-state index in [1.54, 1.807) is 0 Å². The van der Waals surface area contributed by atoms with Gasteiger partial charge in [0, 0.05) is 25.2 Å². The zero-order valence-electron chi connectivity index (χ0n) is 10.2. The maximum Gasteiger partial charge on any atom is 0.404 e. The highest BCUT2D eigenvalue weighted by Crippen LogP contribution is 2.19. The van der Waals surface area contributed by atoms with E-state index in [4.69, 9.17) is 9.84 Å². The first kappa shape index (κ1) is 13.3. The van der Waals surface area contributed by atoms with E-state index >= 15 is 0 Å². The molecule has 0 radical (unpaired) electrons. The van der Waals surface area contributed by atoms with Crippen LogP contribution in [0.3, 0.4) is 0 Å². The van der Waals surface area contributed by atoms with Gasteiger partial charge < -0.3 is 20.5 Å². The number of carbonyl (C=O) groups is 1. The van der Waals surface area contributed by atoms with Crippen LogP contribution in [0.2, 0.25) is 0 Å². The van der Waals surface area contributed by atoms with Crippen LogP contribution < -0.4 is 10.6 Å². The minimum absolute atomic E-state index is 0.0920. The van der Waals surface area contributed by atoms with Crippen molar-refractivity contribution in [3.8, 4) is 0 Å². The smallest absolute Gasteiger partial charge is 0.404 e. The van der Waals surface area contributed by atoms with E-state index in [0.717, 1.165) is 19.6 Å². The van der Waals surface area contributed by atoms with Crippen LogP contribution in [-0.2, 0) is 4.74 Å². The second-order valence-corrected chi connectivity index (χ2v) is 5.34. The Balaban J connectivity index is 2.40. The van der Waals surface area contributed by atoms with Crippen LogP contribution in [0, 0.1) is 5.41 Å². The fourth-order valence-electron chi connectivity index (χ4n) is 1.70. The molecule has 5 heteroatoms. The third kappa shape index (κ3) is 4.37. The van der Waals surface area contributed by atoms with Crippen molar-refractivity contribution in [2.45, 2.75) is 39.3 Å². The van der Waals surface area contributed by atoms with Gasteiger partial charge in [0.05, 0.1) is 6.61 Å². The van der Waals surface area contributed by atoms with E-state index < -0.39 is 6.09 Å². The molecule has 0 aromatic heterocycles. The fraction of sp³-hybridized carbons (Fsp3) is 0.909. The molecule has 1 aliphatic heterocycles. The maximum atomic E-state index is 10.7. The van der Waals surface area contributed by atoms with Crippen LogP contribution in [0.5, 0.6) is 0 Å². The lowest BCUT2D eigenvalue weighted by Crippen LogP contribution is -2.51. The van der Waals surface area contributed by atoms with Gasteiger partial charge in [-0.25, -0.2) is 4.79 Å². The number of amides is 1. The summed E-state index contributed by atoms with van der Waals surface area (Å²) < 4.78 is 5.26. The van der Waals surface area contributed by atoms with Crippen molar-refractivity contribution in [1.82, 2.24) is 10.6 Å². The summed E-state index contributed by atoms with van der Waals surface area (Å²) in [4.78, 5) is 10.7. The predicted octanol–water partition coefficient (Wildman–Crippen LogP) is 1.05. The molecule has 5 nitrogen and oxygen atoms in total. The Hall–Kier alpha value is -0.810. The Bertz CT molecular complexity index is 232. The first-order chi connectivity index (χ1) is 7.39. The Morgan fingerprint density at radius 3 is 2.69 bits per heavy atom. The number of rotatable bonds is 4. The molecular weight excluding hydrogens is 208 g/mol. The monoisotopic (exact) mass is 230 g/mol. The largest absolute Gasteiger partial charge is 0.465 e. The molecule has 94 valence electrons. The van der Waals surface area contributed by atoms with E-state index in [1.807, 2.05) is 20.8 Å². The summed E-state index contributed by atoms with van der Waals surface area (Å²) >= 11 is 0. The zero-order valence-corrected chi connectivity index (χ0v) is 10.2. The van der Waals surface area contributed by atoms with Gasteiger partial charge in [-0.2, -0.15) is 0 Å². The minimum atomic E-state index is -0.968. The van der Waals surface area contributed by atoms with Crippen LogP contribution in [-0.4, -0.2) is 43.0 Å². The number of ether oxygens (including phenoxy) is 1. The van der Waals surface area contributed by atoms with Gasteiger partial charge in [0.1, 0.15) is 0 Å². The molecule has 1 aliphatic rings. The standard InChI is InChI=1S/C11H22N2O3/c1-11(2,3)9(13-10(14)15)6-12-8-4-5-16-7-8/h8-9,12-13H,4-7H2,1-3H3,(H,14,15). The summed E-state index contributed by atoms with van der Waals surface area (Å²) in [5.74, 6) is 0. The first-order valence-corrected chi connectivity index (χ1v) is 5.70. The van der Waals surface area contributed by atoms with Gasteiger partial charge >= 0.3 is 6.09 Å². The molecule has 0 bridgehead atoms. The summed E-state index contributed by atoms with van der Waals surface area (Å²) in [6.45, 7) is 8.25. The third-order valence-corrected chi connectivity index (χ3v) is 2.88. The summed E-state index contributed by atoms with van der Waals surface area (Å²) in [5, 5.41) is 14.7. The summed E-state index contributed by atoms with van der Waals surface area (Å²) in [6.07, 6.45) is 0.0358. The van der Waals surface area contributed by atoms with Crippen LogP contribution in [0.25, 0.3) is 0 Å². The second-order valence-electron chi connectivity index (χ2n) is 5.34. The van der Waals surface area contributed by atoms with Crippen LogP contribution >= 0.6 is 0 Å². The normalized spacial score (nSPS) is 23.1. The molecule has 0 aromatic rings. The molecule has 0 aromatic carbocycles. The van der Waals surface area contributed by atoms with Gasteiger partial charge in [-0.1, -0.05) is 20.8 Å². The molecule has 0 spiro atoms. The Morgan fingerprint density at radius 2 is 2.25 bits per heavy atom. The molecule has 1 rings (SSSR count). The van der Waals surface area contributed by atoms with Crippen LogP contribution in [0.15, 0.2) is 0 Å². The molecule has 1 amide bonds. The molecular formula is C11H22N2O3. The molecule has 0 saturated carbocycles. The lowest BCUT2D eigenvalue weighted by molar-refractivity contribution is 0.169. The molecule has 2 atom stereocenters. The highest BCUT2D eigenvalue weighted by molar-refractivity contribution is 5.65. The van der Waals surface area contributed by atoms with Crippen molar-refractivity contribution in [3.05, 3.63) is 0 Å². The zero-order chi connectivity index (χ0) is 12.2. The van der Waals surface area contributed by atoms with Crippen molar-refractivity contribution < 1.29 is 14.6 Å². The Labute approximate surface area is 96.6 Å². The van der Waals surface area contributed by atoms with E-state index in [9.17, 15) is 4.79 Å². The van der Waals surface area contributed by atoms with E-state index in [0.29, 0.717) is 12.6 Å². The van der Waals surface area contributed by atoms with E-state index in [1.165, 1.54) is 0 Å².